The van der Waals surface area contributed by atoms with Crippen molar-refractivity contribution in [3.63, 3.8) is 0 Å². The minimum Gasteiger partial charge on any atom is -0.475 e. The van der Waals surface area contributed by atoms with Gasteiger partial charge in [0, 0.05) is 43.6 Å². The number of amides is 1. The normalized spacial score (nSPS) is 13.5. The Morgan fingerprint density at radius 3 is 2.96 bits per heavy atom. The standard InChI is InChI=1S/C18H17IN4O3/c1-25-8-9-26-13-3-2-12-16(23-13)10(4-6-20-12)17-15(19)14-11(22-17)5-7-21-18(14)24/h2-4,6,22H,5,7-9H2,1H3,(H,21,24). The van der Waals surface area contributed by atoms with E-state index in [9.17, 15) is 4.79 Å². The number of nitrogens with one attached hydrogen (secondary N) is 2. The van der Waals surface area contributed by atoms with Gasteiger partial charge < -0.3 is 19.8 Å². The molecule has 2 N–H and O–H groups in total. The van der Waals surface area contributed by atoms with Crippen LogP contribution in [0, 0.1) is 3.57 Å². The van der Waals surface area contributed by atoms with E-state index in [1.807, 2.05) is 12.1 Å². The molecule has 0 bridgehead atoms. The van der Waals surface area contributed by atoms with Gasteiger partial charge >= 0.3 is 0 Å². The molecule has 0 aliphatic carbocycles. The van der Waals surface area contributed by atoms with Gasteiger partial charge in [0.05, 0.1) is 27.0 Å². The van der Waals surface area contributed by atoms with Crippen molar-refractivity contribution in [3.8, 4) is 17.1 Å². The number of aromatic nitrogens is 3. The van der Waals surface area contributed by atoms with Crippen LogP contribution in [0.15, 0.2) is 24.4 Å². The Hall–Kier alpha value is -2.20. The van der Waals surface area contributed by atoms with Crippen molar-refractivity contribution in [1.29, 1.82) is 0 Å². The molecule has 134 valence electrons. The smallest absolute Gasteiger partial charge is 0.254 e. The third-order valence-corrected chi connectivity index (χ3v) is 5.35. The fourth-order valence-electron chi connectivity index (χ4n) is 3.04. The molecule has 0 aromatic carbocycles. The number of hydrogen-bond donors (Lipinski definition) is 2. The molecule has 3 aromatic heterocycles. The van der Waals surface area contributed by atoms with Crippen LogP contribution in [-0.2, 0) is 11.2 Å². The van der Waals surface area contributed by atoms with Gasteiger partial charge in [-0.1, -0.05) is 0 Å². The summed E-state index contributed by atoms with van der Waals surface area (Å²) in [6.07, 6.45) is 2.54. The van der Waals surface area contributed by atoms with Gasteiger partial charge in [0.15, 0.2) is 0 Å². The number of halogens is 1. The van der Waals surface area contributed by atoms with Crippen molar-refractivity contribution in [2.75, 3.05) is 26.9 Å². The van der Waals surface area contributed by atoms with E-state index < -0.39 is 0 Å². The molecule has 1 amide bonds. The van der Waals surface area contributed by atoms with E-state index in [0.717, 1.165) is 43.5 Å². The summed E-state index contributed by atoms with van der Waals surface area (Å²) in [6, 6.07) is 5.59. The Balaban J connectivity index is 1.81. The van der Waals surface area contributed by atoms with Crippen molar-refractivity contribution < 1.29 is 14.3 Å². The lowest BCUT2D eigenvalue weighted by Gasteiger charge is -2.11. The molecule has 0 saturated carbocycles. The fourth-order valence-corrected chi connectivity index (χ4v) is 4.04. The van der Waals surface area contributed by atoms with Crippen LogP contribution in [0.3, 0.4) is 0 Å². The van der Waals surface area contributed by atoms with Crippen LogP contribution in [0.1, 0.15) is 16.1 Å². The molecule has 1 aliphatic heterocycles. The first-order valence-electron chi connectivity index (χ1n) is 8.25. The maximum atomic E-state index is 12.2. The molecule has 1 aliphatic rings. The second-order valence-electron chi connectivity index (χ2n) is 5.89. The van der Waals surface area contributed by atoms with Crippen molar-refractivity contribution in [1.82, 2.24) is 20.3 Å². The number of rotatable bonds is 5. The molecule has 26 heavy (non-hydrogen) atoms. The van der Waals surface area contributed by atoms with Crippen molar-refractivity contribution >= 4 is 39.5 Å². The Kier molecular flexibility index (Phi) is 4.77. The van der Waals surface area contributed by atoms with Crippen LogP contribution >= 0.6 is 22.6 Å². The van der Waals surface area contributed by atoms with Crippen LogP contribution in [0.2, 0.25) is 0 Å². The average molecular weight is 464 g/mol. The van der Waals surface area contributed by atoms with E-state index in [4.69, 9.17) is 9.47 Å². The second kappa shape index (κ2) is 7.20. The molecule has 0 unspecified atom stereocenters. The van der Waals surface area contributed by atoms with Crippen LogP contribution < -0.4 is 10.1 Å². The van der Waals surface area contributed by atoms with Gasteiger partial charge in [0.25, 0.3) is 5.91 Å². The summed E-state index contributed by atoms with van der Waals surface area (Å²) in [5, 5.41) is 2.90. The SMILES string of the molecule is COCCOc1ccc2nccc(-c3[nH]c4c(c3I)C(=O)NCC4)c2n1. The maximum absolute atomic E-state index is 12.2. The van der Waals surface area contributed by atoms with Crippen molar-refractivity contribution in [2.24, 2.45) is 0 Å². The minimum atomic E-state index is -0.0342. The van der Waals surface area contributed by atoms with E-state index in [-0.39, 0.29) is 5.91 Å². The summed E-state index contributed by atoms with van der Waals surface area (Å²) >= 11 is 2.22. The molecule has 0 radical (unpaired) electrons. The lowest BCUT2D eigenvalue weighted by atomic mass is 10.1. The number of methoxy groups -OCH3 is 1. The summed E-state index contributed by atoms with van der Waals surface area (Å²) in [5.74, 6) is 0.487. The zero-order valence-corrected chi connectivity index (χ0v) is 16.3. The van der Waals surface area contributed by atoms with E-state index in [1.165, 1.54) is 0 Å². The van der Waals surface area contributed by atoms with Gasteiger partial charge in [-0.3, -0.25) is 9.78 Å². The highest BCUT2D eigenvalue weighted by molar-refractivity contribution is 14.1. The van der Waals surface area contributed by atoms with Crippen LogP contribution in [-0.4, -0.2) is 47.7 Å². The Morgan fingerprint density at radius 1 is 1.27 bits per heavy atom. The highest BCUT2D eigenvalue weighted by Gasteiger charge is 2.26. The molecular formula is C18H17IN4O3. The summed E-state index contributed by atoms with van der Waals surface area (Å²) < 4.78 is 11.5. The van der Waals surface area contributed by atoms with E-state index in [1.54, 1.807) is 19.4 Å². The van der Waals surface area contributed by atoms with Crippen LogP contribution in [0.4, 0.5) is 0 Å². The lowest BCUT2D eigenvalue weighted by Crippen LogP contribution is -2.31. The molecule has 4 rings (SSSR count). The Bertz CT molecular complexity index is 986. The van der Waals surface area contributed by atoms with Gasteiger partial charge in [-0.15, -0.1) is 0 Å². The summed E-state index contributed by atoms with van der Waals surface area (Å²) in [5.41, 5.74) is 4.99. The average Bonchev–Trinajstić information content (AvgIpc) is 2.99. The van der Waals surface area contributed by atoms with Gasteiger partial charge in [0.1, 0.15) is 12.1 Å². The summed E-state index contributed by atoms with van der Waals surface area (Å²) in [6.45, 7) is 1.57. The first-order chi connectivity index (χ1) is 12.7. The van der Waals surface area contributed by atoms with Gasteiger partial charge in [-0.2, -0.15) is 0 Å². The monoisotopic (exact) mass is 464 g/mol. The van der Waals surface area contributed by atoms with Gasteiger partial charge in [-0.25, -0.2) is 4.98 Å². The molecule has 0 spiro atoms. The predicted octanol–water partition coefficient (Wildman–Crippen LogP) is 2.54. The third-order valence-electron chi connectivity index (χ3n) is 4.27. The summed E-state index contributed by atoms with van der Waals surface area (Å²) in [4.78, 5) is 24.7. The second-order valence-corrected chi connectivity index (χ2v) is 6.97. The molecule has 4 heterocycles. The highest BCUT2D eigenvalue weighted by atomic mass is 127. The van der Waals surface area contributed by atoms with E-state index in [2.05, 4.69) is 42.9 Å². The van der Waals surface area contributed by atoms with E-state index >= 15 is 0 Å². The van der Waals surface area contributed by atoms with E-state index in [0.29, 0.717) is 25.6 Å². The predicted molar refractivity (Wildman–Crippen MR) is 105 cm³/mol. The lowest BCUT2D eigenvalue weighted by molar-refractivity contribution is 0.0945. The summed E-state index contributed by atoms with van der Waals surface area (Å²) in [7, 11) is 1.63. The quantitative estimate of drug-likeness (QED) is 0.448. The van der Waals surface area contributed by atoms with Gasteiger partial charge in [-0.05, 0) is 34.7 Å². The van der Waals surface area contributed by atoms with Crippen molar-refractivity contribution in [2.45, 2.75) is 6.42 Å². The highest BCUT2D eigenvalue weighted by Crippen LogP contribution is 2.34. The minimum absolute atomic E-state index is 0.0342. The maximum Gasteiger partial charge on any atom is 0.254 e. The molecule has 0 atom stereocenters. The molecular weight excluding hydrogens is 447 g/mol. The number of aromatic amines is 1. The number of hydrogen-bond acceptors (Lipinski definition) is 5. The third kappa shape index (κ3) is 3.03. The Morgan fingerprint density at radius 2 is 2.15 bits per heavy atom. The number of pyridine rings is 2. The molecule has 8 heteroatoms. The number of fused-ring (bicyclic) bond motifs is 2. The first kappa shape index (κ1) is 17.2. The number of ether oxygens (including phenoxy) is 2. The van der Waals surface area contributed by atoms with Crippen molar-refractivity contribution in [3.05, 3.63) is 39.2 Å². The largest absolute Gasteiger partial charge is 0.475 e. The molecule has 7 nitrogen and oxygen atoms in total. The molecule has 0 fully saturated rings. The number of carbonyl (C=O) groups excluding carboxylic acids is 1. The first-order valence-corrected chi connectivity index (χ1v) is 9.33. The molecule has 3 aromatic rings. The number of nitrogens with zero attached hydrogens (tertiary/aromatic N) is 2. The molecule has 0 saturated heterocycles. The van der Waals surface area contributed by atoms with Gasteiger partial charge in [0.2, 0.25) is 5.88 Å². The number of H-pyrrole nitrogens is 1. The topological polar surface area (TPSA) is 89.1 Å². The number of carbonyl (C=O) groups is 1. The Labute approximate surface area is 163 Å². The fraction of sp³-hybridized carbons (Fsp3) is 0.278. The zero-order chi connectivity index (χ0) is 18.1. The van der Waals surface area contributed by atoms with Crippen LogP contribution in [0.5, 0.6) is 5.88 Å². The van der Waals surface area contributed by atoms with Crippen LogP contribution in [0.25, 0.3) is 22.3 Å². The zero-order valence-electron chi connectivity index (χ0n) is 14.1.